The van der Waals surface area contributed by atoms with Crippen molar-refractivity contribution in [1.82, 2.24) is 0 Å². The molecule has 1 N–H and O–H groups in total. The van der Waals surface area contributed by atoms with Crippen molar-refractivity contribution in [1.29, 1.82) is 0 Å². The molecule has 2 nitrogen and oxygen atoms in total. The average Bonchev–Trinajstić information content (AvgIpc) is 2.14. The molecule has 0 aliphatic carbocycles. The molecule has 0 aromatic carbocycles. The van der Waals surface area contributed by atoms with Crippen molar-refractivity contribution >= 4 is 5.69 Å². The lowest BCUT2D eigenvalue weighted by molar-refractivity contribution is 0.566. The van der Waals surface area contributed by atoms with Crippen LogP contribution in [-0.4, -0.2) is 7.05 Å². The van der Waals surface area contributed by atoms with E-state index in [9.17, 15) is 0 Å². The highest BCUT2D eigenvalue weighted by Gasteiger charge is 1.93. The molecule has 0 bridgehead atoms. The van der Waals surface area contributed by atoms with Gasteiger partial charge in [0.1, 0.15) is 6.26 Å². The van der Waals surface area contributed by atoms with Crippen LogP contribution in [0.2, 0.25) is 0 Å². The number of rotatable bonds is 1. The first-order chi connectivity index (χ1) is 3.84. The van der Waals surface area contributed by atoms with E-state index in [1.807, 2.05) is 14.0 Å². The molecule has 8 heavy (non-hydrogen) atoms. The zero-order valence-corrected chi connectivity index (χ0v) is 5.06. The molecule has 0 fully saturated rings. The summed E-state index contributed by atoms with van der Waals surface area (Å²) in [4.78, 5) is 0. The Morgan fingerprint density at radius 1 is 1.50 bits per heavy atom. The number of furan rings is 1. The van der Waals surface area contributed by atoms with Gasteiger partial charge in [0.2, 0.25) is 0 Å². The molecule has 1 heterocycles. The summed E-state index contributed by atoms with van der Waals surface area (Å²) in [5.41, 5.74) is 2.21. The minimum absolute atomic E-state index is 1.06. The third-order valence-electron chi connectivity index (χ3n) is 1.12. The molecule has 0 unspecified atom stereocenters. The van der Waals surface area contributed by atoms with Crippen LogP contribution in [0, 0.1) is 6.92 Å². The summed E-state index contributed by atoms with van der Waals surface area (Å²) in [7, 11) is 1.87. The summed E-state index contributed by atoms with van der Waals surface area (Å²) in [5, 5.41) is 2.98. The molecule has 0 aliphatic rings. The third kappa shape index (κ3) is 0.689. The summed E-state index contributed by atoms with van der Waals surface area (Å²) < 4.78 is 4.87. The van der Waals surface area contributed by atoms with E-state index in [0.717, 1.165) is 11.3 Å². The van der Waals surface area contributed by atoms with Gasteiger partial charge in [-0.05, 0) is 6.92 Å². The molecule has 44 valence electrons. The van der Waals surface area contributed by atoms with Crippen LogP contribution in [0.4, 0.5) is 5.69 Å². The smallest absolute Gasteiger partial charge is 0.114 e. The van der Waals surface area contributed by atoms with Gasteiger partial charge in [-0.2, -0.15) is 0 Å². The third-order valence-corrected chi connectivity index (χ3v) is 1.12. The Bertz CT molecular complexity index is 169. The van der Waals surface area contributed by atoms with E-state index in [-0.39, 0.29) is 0 Å². The van der Waals surface area contributed by atoms with Crippen LogP contribution in [0.1, 0.15) is 5.56 Å². The van der Waals surface area contributed by atoms with Crippen LogP contribution in [0.15, 0.2) is 16.9 Å². The molecule has 2 heteroatoms. The number of aryl methyl sites for hydroxylation is 1. The van der Waals surface area contributed by atoms with E-state index < -0.39 is 0 Å². The highest BCUT2D eigenvalue weighted by molar-refractivity contribution is 5.46. The van der Waals surface area contributed by atoms with Crippen LogP contribution < -0.4 is 5.32 Å². The van der Waals surface area contributed by atoms with Crippen LogP contribution >= 0.6 is 0 Å². The maximum atomic E-state index is 4.87. The lowest BCUT2D eigenvalue weighted by Crippen LogP contribution is -1.85. The summed E-state index contributed by atoms with van der Waals surface area (Å²) in [6, 6.07) is 0. The predicted molar refractivity (Wildman–Crippen MR) is 33.0 cm³/mol. The highest BCUT2D eigenvalue weighted by Crippen LogP contribution is 2.12. The molecular weight excluding hydrogens is 102 g/mol. The predicted octanol–water partition coefficient (Wildman–Crippen LogP) is 1.63. The average molecular weight is 111 g/mol. The van der Waals surface area contributed by atoms with Crippen LogP contribution in [0.3, 0.4) is 0 Å². The van der Waals surface area contributed by atoms with E-state index >= 15 is 0 Å². The summed E-state index contributed by atoms with van der Waals surface area (Å²) in [5.74, 6) is 0. The monoisotopic (exact) mass is 111 g/mol. The van der Waals surface area contributed by atoms with Gasteiger partial charge in [0, 0.05) is 12.6 Å². The van der Waals surface area contributed by atoms with Crippen LogP contribution in [-0.2, 0) is 0 Å². The summed E-state index contributed by atoms with van der Waals surface area (Å²) >= 11 is 0. The fraction of sp³-hybridized carbons (Fsp3) is 0.333. The minimum Gasteiger partial charge on any atom is -0.470 e. The van der Waals surface area contributed by atoms with Crippen molar-refractivity contribution in [2.75, 3.05) is 12.4 Å². The summed E-state index contributed by atoms with van der Waals surface area (Å²) in [6.07, 6.45) is 3.40. The fourth-order valence-electron chi connectivity index (χ4n) is 0.617. The van der Waals surface area contributed by atoms with E-state index in [2.05, 4.69) is 5.32 Å². The van der Waals surface area contributed by atoms with E-state index in [0.29, 0.717) is 0 Å². The number of hydrogen-bond acceptors (Lipinski definition) is 2. The largest absolute Gasteiger partial charge is 0.470 e. The highest BCUT2D eigenvalue weighted by atomic mass is 16.3. The normalized spacial score (nSPS) is 9.25. The van der Waals surface area contributed by atoms with Gasteiger partial charge in [0.25, 0.3) is 0 Å². The second-order valence-corrected chi connectivity index (χ2v) is 1.72. The van der Waals surface area contributed by atoms with Gasteiger partial charge in [0.05, 0.1) is 12.0 Å². The number of hydrogen-bond donors (Lipinski definition) is 1. The number of anilines is 1. The molecule has 0 spiro atoms. The van der Waals surface area contributed by atoms with Crippen molar-refractivity contribution in [2.24, 2.45) is 0 Å². The Morgan fingerprint density at radius 3 is 2.50 bits per heavy atom. The standard InChI is InChI=1S/C6H9NO/c1-5-3-8-4-6(5)7-2/h3-4,7H,1-2H3. The molecule has 0 amide bonds. The number of nitrogens with one attached hydrogen (secondary N) is 1. The molecule has 1 rings (SSSR count). The molecule has 0 aliphatic heterocycles. The van der Waals surface area contributed by atoms with Gasteiger partial charge in [-0.3, -0.25) is 0 Å². The van der Waals surface area contributed by atoms with Gasteiger partial charge in [0.15, 0.2) is 0 Å². The SMILES string of the molecule is CNc1cocc1C. The van der Waals surface area contributed by atoms with E-state index in [1.165, 1.54) is 0 Å². The quantitative estimate of drug-likeness (QED) is 0.595. The maximum absolute atomic E-state index is 4.87. The minimum atomic E-state index is 1.06. The Hall–Kier alpha value is -0.920. The molecule has 0 atom stereocenters. The zero-order chi connectivity index (χ0) is 5.98. The zero-order valence-electron chi connectivity index (χ0n) is 5.06. The van der Waals surface area contributed by atoms with E-state index in [4.69, 9.17) is 4.42 Å². The van der Waals surface area contributed by atoms with Crippen molar-refractivity contribution in [2.45, 2.75) is 6.92 Å². The second-order valence-electron chi connectivity index (χ2n) is 1.72. The van der Waals surface area contributed by atoms with Gasteiger partial charge in [-0.15, -0.1) is 0 Å². The molecular formula is C6H9NO. The second kappa shape index (κ2) is 1.90. The van der Waals surface area contributed by atoms with Crippen LogP contribution in [0.25, 0.3) is 0 Å². The first kappa shape index (κ1) is 5.22. The first-order valence-electron chi connectivity index (χ1n) is 2.55. The van der Waals surface area contributed by atoms with Crippen molar-refractivity contribution < 1.29 is 4.42 Å². The van der Waals surface area contributed by atoms with Gasteiger partial charge in [-0.1, -0.05) is 0 Å². The molecule has 0 saturated carbocycles. The molecule has 0 radical (unpaired) electrons. The van der Waals surface area contributed by atoms with Crippen LogP contribution in [0.5, 0.6) is 0 Å². The topological polar surface area (TPSA) is 25.2 Å². The van der Waals surface area contributed by atoms with Crippen molar-refractivity contribution in [3.63, 3.8) is 0 Å². The maximum Gasteiger partial charge on any atom is 0.114 e. The lowest BCUT2D eigenvalue weighted by atomic mass is 10.3. The van der Waals surface area contributed by atoms with E-state index in [1.54, 1.807) is 12.5 Å². The van der Waals surface area contributed by atoms with Gasteiger partial charge >= 0.3 is 0 Å². The van der Waals surface area contributed by atoms with Crippen molar-refractivity contribution in [3.8, 4) is 0 Å². The van der Waals surface area contributed by atoms with Gasteiger partial charge in [-0.25, -0.2) is 0 Å². The summed E-state index contributed by atoms with van der Waals surface area (Å²) in [6.45, 7) is 2.00. The lowest BCUT2D eigenvalue weighted by Gasteiger charge is -1.90. The van der Waals surface area contributed by atoms with Crippen molar-refractivity contribution in [3.05, 3.63) is 18.1 Å². The Kier molecular flexibility index (Phi) is 1.24. The molecule has 0 saturated heterocycles. The van der Waals surface area contributed by atoms with Gasteiger partial charge < -0.3 is 9.73 Å². The Labute approximate surface area is 48.5 Å². The Morgan fingerprint density at radius 2 is 2.25 bits per heavy atom. The fourth-order valence-corrected chi connectivity index (χ4v) is 0.617. The molecule has 1 aromatic heterocycles. The first-order valence-corrected chi connectivity index (χ1v) is 2.55. The Balaban J connectivity index is 2.92. The molecule has 1 aromatic rings.